The minimum absolute atomic E-state index is 0.351. The van der Waals surface area contributed by atoms with Crippen molar-refractivity contribution < 1.29 is 9.53 Å². The van der Waals surface area contributed by atoms with Crippen molar-refractivity contribution in [2.45, 2.75) is 6.92 Å². The molecule has 0 aromatic carbocycles. The van der Waals surface area contributed by atoms with Crippen molar-refractivity contribution in [3.05, 3.63) is 27.9 Å². The summed E-state index contributed by atoms with van der Waals surface area (Å²) >= 11 is 2.99. The number of rotatable bonds is 4. The van der Waals surface area contributed by atoms with Crippen LogP contribution in [0.3, 0.4) is 0 Å². The third-order valence-corrected chi connectivity index (χ3v) is 3.20. The molecule has 4 nitrogen and oxygen atoms in total. The molecule has 2 heterocycles. The van der Waals surface area contributed by atoms with Crippen molar-refractivity contribution in [1.82, 2.24) is 4.98 Å². The number of esters is 1. The summed E-state index contributed by atoms with van der Waals surface area (Å²) in [7, 11) is 0. The van der Waals surface area contributed by atoms with E-state index in [-0.39, 0.29) is 5.97 Å². The van der Waals surface area contributed by atoms with Crippen molar-refractivity contribution in [1.29, 1.82) is 0 Å². The van der Waals surface area contributed by atoms with E-state index in [1.54, 1.807) is 23.6 Å². The Hall–Kier alpha value is -1.40. The summed E-state index contributed by atoms with van der Waals surface area (Å²) in [6, 6.07) is 1.95. The van der Waals surface area contributed by atoms with E-state index in [2.05, 4.69) is 10.3 Å². The molecule has 0 aliphatic carbocycles. The van der Waals surface area contributed by atoms with Gasteiger partial charge in [-0.15, -0.1) is 11.3 Å². The molecule has 0 atom stereocenters. The Kier molecular flexibility index (Phi) is 3.53. The molecule has 1 N–H and O–H groups in total. The lowest BCUT2D eigenvalue weighted by atomic mass is 10.5. The van der Waals surface area contributed by atoms with Gasteiger partial charge in [0.1, 0.15) is 0 Å². The second kappa shape index (κ2) is 5.09. The Balaban J connectivity index is 2.05. The molecular formula is C10H10N2O2S2. The normalized spacial score (nSPS) is 10.1. The number of thiazole rings is 1. The standard InChI is InChI=1S/C10H10N2O2S2/c1-2-14-9(13)8-6-16-10(12-8)11-7-3-4-15-5-7/h3-6H,2H2,1H3,(H,11,12). The van der Waals surface area contributed by atoms with Crippen LogP contribution in [-0.4, -0.2) is 17.6 Å². The SMILES string of the molecule is CCOC(=O)c1csc(Nc2ccsc2)n1. The lowest BCUT2D eigenvalue weighted by Gasteiger charge is -1.97. The number of hydrogen-bond acceptors (Lipinski definition) is 6. The fourth-order valence-corrected chi connectivity index (χ4v) is 2.38. The number of thiophene rings is 1. The number of nitrogens with one attached hydrogen (secondary N) is 1. The number of hydrogen-bond donors (Lipinski definition) is 1. The van der Waals surface area contributed by atoms with Crippen LogP contribution in [0.5, 0.6) is 0 Å². The highest BCUT2D eigenvalue weighted by molar-refractivity contribution is 7.14. The molecule has 2 rings (SSSR count). The third-order valence-electron chi connectivity index (χ3n) is 1.76. The molecule has 0 bridgehead atoms. The van der Waals surface area contributed by atoms with Crippen LogP contribution in [0.25, 0.3) is 0 Å². The van der Waals surface area contributed by atoms with E-state index in [4.69, 9.17) is 4.74 Å². The summed E-state index contributed by atoms with van der Waals surface area (Å²) < 4.78 is 4.86. The van der Waals surface area contributed by atoms with Crippen molar-refractivity contribution >= 4 is 39.5 Å². The maximum atomic E-state index is 11.4. The Morgan fingerprint density at radius 1 is 1.56 bits per heavy atom. The summed E-state index contributed by atoms with van der Waals surface area (Å²) in [6.07, 6.45) is 0. The van der Waals surface area contributed by atoms with Crippen LogP contribution in [0.1, 0.15) is 17.4 Å². The van der Waals surface area contributed by atoms with E-state index in [1.807, 2.05) is 16.8 Å². The molecule has 6 heteroatoms. The Morgan fingerprint density at radius 3 is 3.12 bits per heavy atom. The zero-order valence-corrected chi connectivity index (χ0v) is 10.2. The molecule has 0 spiro atoms. The van der Waals surface area contributed by atoms with Gasteiger partial charge in [-0.2, -0.15) is 11.3 Å². The van der Waals surface area contributed by atoms with Crippen molar-refractivity contribution in [3.8, 4) is 0 Å². The van der Waals surface area contributed by atoms with Crippen LogP contribution in [0.15, 0.2) is 22.2 Å². The summed E-state index contributed by atoms with van der Waals surface area (Å²) in [6.45, 7) is 2.14. The summed E-state index contributed by atoms with van der Waals surface area (Å²) in [5.41, 5.74) is 1.33. The first-order chi connectivity index (χ1) is 7.79. The maximum absolute atomic E-state index is 11.4. The van der Waals surface area contributed by atoms with Crippen molar-refractivity contribution in [3.63, 3.8) is 0 Å². The molecule has 0 saturated carbocycles. The first-order valence-electron chi connectivity index (χ1n) is 4.71. The van der Waals surface area contributed by atoms with E-state index in [0.29, 0.717) is 17.4 Å². The molecule has 2 aromatic heterocycles. The van der Waals surface area contributed by atoms with Crippen LogP contribution in [0.2, 0.25) is 0 Å². The molecule has 0 amide bonds. The molecule has 16 heavy (non-hydrogen) atoms. The van der Waals surface area contributed by atoms with Gasteiger partial charge in [0.2, 0.25) is 0 Å². The largest absolute Gasteiger partial charge is 0.461 e. The lowest BCUT2D eigenvalue weighted by molar-refractivity contribution is 0.0520. The molecule has 0 aliphatic heterocycles. The van der Waals surface area contributed by atoms with Gasteiger partial charge in [-0.05, 0) is 18.4 Å². The predicted octanol–water partition coefficient (Wildman–Crippen LogP) is 3.12. The third kappa shape index (κ3) is 2.59. The van der Waals surface area contributed by atoms with E-state index in [1.165, 1.54) is 11.3 Å². The minimum atomic E-state index is -0.378. The monoisotopic (exact) mass is 254 g/mol. The number of ether oxygens (including phenoxy) is 1. The van der Waals surface area contributed by atoms with E-state index < -0.39 is 0 Å². The van der Waals surface area contributed by atoms with E-state index in [0.717, 1.165) is 5.69 Å². The average molecular weight is 254 g/mol. The number of aromatic nitrogens is 1. The highest BCUT2D eigenvalue weighted by atomic mass is 32.1. The van der Waals surface area contributed by atoms with Gasteiger partial charge in [0.05, 0.1) is 12.3 Å². The smallest absolute Gasteiger partial charge is 0.357 e. The molecule has 0 saturated heterocycles. The summed E-state index contributed by atoms with van der Waals surface area (Å²) in [5.74, 6) is -0.378. The quantitative estimate of drug-likeness (QED) is 0.852. The average Bonchev–Trinajstić information content (AvgIpc) is 2.90. The Bertz CT molecular complexity index is 465. The molecule has 2 aromatic rings. The zero-order valence-electron chi connectivity index (χ0n) is 8.60. The maximum Gasteiger partial charge on any atom is 0.357 e. The second-order valence-corrected chi connectivity index (χ2v) is 4.53. The highest BCUT2D eigenvalue weighted by Crippen LogP contribution is 2.22. The molecule has 0 fully saturated rings. The van der Waals surface area contributed by atoms with Crippen LogP contribution in [0, 0.1) is 0 Å². The van der Waals surface area contributed by atoms with Crippen molar-refractivity contribution in [2.75, 3.05) is 11.9 Å². The topological polar surface area (TPSA) is 51.2 Å². The van der Waals surface area contributed by atoms with Crippen LogP contribution >= 0.6 is 22.7 Å². The first-order valence-corrected chi connectivity index (χ1v) is 6.53. The fraction of sp³-hybridized carbons (Fsp3) is 0.200. The van der Waals surface area contributed by atoms with Gasteiger partial charge in [0.25, 0.3) is 0 Å². The minimum Gasteiger partial charge on any atom is -0.461 e. The van der Waals surface area contributed by atoms with E-state index >= 15 is 0 Å². The number of anilines is 2. The summed E-state index contributed by atoms with van der Waals surface area (Å²) in [4.78, 5) is 15.5. The molecule has 0 unspecified atom stereocenters. The van der Waals surface area contributed by atoms with Gasteiger partial charge >= 0.3 is 5.97 Å². The Morgan fingerprint density at radius 2 is 2.44 bits per heavy atom. The molecule has 0 radical (unpaired) electrons. The second-order valence-electron chi connectivity index (χ2n) is 2.90. The van der Waals surface area contributed by atoms with Crippen LogP contribution in [0.4, 0.5) is 10.8 Å². The number of carbonyl (C=O) groups is 1. The van der Waals surface area contributed by atoms with Gasteiger partial charge in [-0.25, -0.2) is 9.78 Å². The highest BCUT2D eigenvalue weighted by Gasteiger charge is 2.11. The Labute approximate surface area is 101 Å². The van der Waals surface area contributed by atoms with Gasteiger partial charge in [-0.1, -0.05) is 0 Å². The van der Waals surface area contributed by atoms with E-state index in [9.17, 15) is 4.79 Å². The fourth-order valence-electron chi connectivity index (χ4n) is 1.09. The molecule has 84 valence electrons. The van der Waals surface area contributed by atoms with Crippen molar-refractivity contribution in [2.24, 2.45) is 0 Å². The number of carbonyl (C=O) groups excluding carboxylic acids is 1. The first kappa shape index (κ1) is 11.1. The van der Waals surface area contributed by atoms with Gasteiger partial charge in [0, 0.05) is 10.8 Å². The summed E-state index contributed by atoms with van der Waals surface area (Å²) in [5, 5.41) is 9.45. The van der Waals surface area contributed by atoms with Gasteiger partial charge < -0.3 is 10.1 Å². The predicted molar refractivity (Wildman–Crippen MR) is 65.7 cm³/mol. The van der Waals surface area contributed by atoms with Crippen LogP contribution < -0.4 is 5.32 Å². The number of nitrogens with zero attached hydrogens (tertiary/aromatic N) is 1. The van der Waals surface area contributed by atoms with Crippen LogP contribution in [-0.2, 0) is 4.74 Å². The molecule has 0 aliphatic rings. The molecular weight excluding hydrogens is 244 g/mol. The zero-order chi connectivity index (χ0) is 11.4. The van der Waals surface area contributed by atoms with Gasteiger partial charge in [0.15, 0.2) is 10.8 Å². The lowest BCUT2D eigenvalue weighted by Crippen LogP contribution is -2.04. The van der Waals surface area contributed by atoms with Gasteiger partial charge in [-0.3, -0.25) is 0 Å².